The normalized spacial score (nSPS) is 24.6. The Kier molecular flexibility index (Phi) is 4.45. The maximum absolute atomic E-state index is 12.6. The molecular weight excluding hydrogens is 368 g/mol. The minimum Gasteiger partial charge on any atom is -0.330 e. The molecule has 2 fully saturated rings. The topological polar surface area (TPSA) is 90.5 Å². The molecule has 0 radical (unpaired) electrons. The fourth-order valence-electron chi connectivity index (χ4n) is 3.57. The largest absolute Gasteiger partial charge is 0.330 e. The van der Waals surface area contributed by atoms with Crippen molar-refractivity contribution in [2.24, 2.45) is 5.92 Å². The highest BCUT2D eigenvalue weighted by atomic mass is 35.5. The van der Waals surface area contributed by atoms with Crippen molar-refractivity contribution in [1.82, 2.24) is 20.9 Å². The zero-order valence-electron chi connectivity index (χ0n) is 14.2. The number of halogens is 1. The number of hydrogen-bond acceptors (Lipinski definition) is 3. The molecule has 27 heavy (non-hydrogen) atoms. The van der Waals surface area contributed by atoms with Gasteiger partial charge in [-0.25, -0.2) is 9.59 Å². The number of urea groups is 2. The first-order valence-electron chi connectivity index (χ1n) is 8.51. The highest BCUT2D eigenvalue weighted by Crippen LogP contribution is 2.33. The number of carbonyl (C=O) groups is 3. The molecule has 3 N–H and O–H groups in total. The van der Waals surface area contributed by atoms with Gasteiger partial charge in [0.25, 0.3) is 0 Å². The second kappa shape index (κ2) is 6.92. The van der Waals surface area contributed by atoms with Crippen LogP contribution in [0.5, 0.6) is 0 Å². The van der Waals surface area contributed by atoms with Crippen molar-refractivity contribution in [3.63, 3.8) is 0 Å². The summed E-state index contributed by atoms with van der Waals surface area (Å²) in [7, 11) is 0. The van der Waals surface area contributed by atoms with Gasteiger partial charge in [-0.1, -0.05) is 54.1 Å². The number of rotatable bonds is 3. The van der Waals surface area contributed by atoms with Crippen LogP contribution in [0.25, 0.3) is 0 Å². The molecule has 8 heteroatoms. The summed E-state index contributed by atoms with van der Waals surface area (Å²) in [4.78, 5) is 38.8. The molecule has 0 bridgehead atoms. The molecule has 4 rings (SSSR count). The van der Waals surface area contributed by atoms with Crippen LogP contribution in [0.4, 0.5) is 9.59 Å². The summed E-state index contributed by atoms with van der Waals surface area (Å²) in [6, 6.07) is 14.8. The molecule has 2 heterocycles. The van der Waals surface area contributed by atoms with E-state index in [1.807, 2.05) is 30.3 Å². The molecule has 2 aromatic rings. The van der Waals surface area contributed by atoms with Gasteiger partial charge in [-0.2, -0.15) is 0 Å². The number of imide groups is 1. The average Bonchev–Trinajstić information content (AvgIpc) is 2.65. The number of carbonyl (C=O) groups excluding carboxylic acids is 3. The smallest absolute Gasteiger partial charge is 0.326 e. The van der Waals surface area contributed by atoms with E-state index >= 15 is 0 Å². The molecule has 3 atom stereocenters. The SMILES string of the molecule is O=C1NC(c2cccc(Cl)c2)C2C(=O)NC(=O)N(Cc3ccccc3)C2N1. The van der Waals surface area contributed by atoms with Crippen molar-refractivity contribution in [2.45, 2.75) is 18.8 Å². The molecule has 0 aromatic heterocycles. The van der Waals surface area contributed by atoms with Crippen LogP contribution in [0.15, 0.2) is 54.6 Å². The van der Waals surface area contributed by atoms with Gasteiger partial charge in [0, 0.05) is 11.6 Å². The van der Waals surface area contributed by atoms with E-state index < -0.39 is 36.1 Å². The summed E-state index contributed by atoms with van der Waals surface area (Å²) in [5, 5.41) is 8.41. The lowest BCUT2D eigenvalue weighted by molar-refractivity contribution is -0.130. The summed E-state index contributed by atoms with van der Waals surface area (Å²) in [5.74, 6) is -1.13. The van der Waals surface area contributed by atoms with E-state index in [9.17, 15) is 14.4 Å². The minimum absolute atomic E-state index is 0.268. The Bertz CT molecular complexity index is 905. The fraction of sp³-hybridized carbons (Fsp3) is 0.211. The number of fused-ring (bicyclic) bond motifs is 1. The first-order chi connectivity index (χ1) is 13.0. The number of nitrogens with one attached hydrogen (secondary N) is 3. The van der Waals surface area contributed by atoms with Crippen LogP contribution in [0.3, 0.4) is 0 Å². The van der Waals surface area contributed by atoms with E-state index in [4.69, 9.17) is 11.6 Å². The maximum atomic E-state index is 12.6. The Morgan fingerprint density at radius 3 is 2.48 bits per heavy atom. The van der Waals surface area contributed by atoms with Crippen LogP contribution in [0.2, 0.25) is 5.02 Å². The van der Waals surface area contributed by atoms with Crippen LogP contribution >= 0.6 is 11.6 Å². The minimum atomic E-state index is -0.760. The van der Waals surface area contributed by atoms with Crippen LogP contribution in [-0.4, -0.2) is 29.0 Å². The van der Waals surface area contributed by atoms with Gasteiger partial charge >= 0.3 is 12.1 Å². The second-order valence-electron chi connectivity index (χ2n) is 6.53. The lowest BCUT2D eigenvalue weighted by atomic mass is 9.86. The van der Waals surface area contributed by atoms with E-state index in [-0.39, 0.29) is 6.54 Å². The van der Waals surface area contributed by atoms with Gasteiger partial charge in [0.1, 0.15) is 12.1 Å². The number of benzene rings is 2. The van der Waals surface area contributed by atoms with Gasteiger partial charge in [0.05, 0.1) is 6.04 Å². The summed E-state index contributed by atoms with van der Waals surface area (Å²) >= 11 is 6.08. The molecule has 2 aliphatic rings. The fourth-order valence-corrected chi connectivity index (χ4v) is 3.77. The predicted molar refractivity (Wildman–Crippen MR) is 98.7 cm³/mol. The van der Waals surface area contributed by atoms with Crippen molar-refractivity contribution < 1.29 is 14.4 Å². The third-order valence-corrected chi connectivity index (χ3v) is 5.03. The first-order valence-corrected chi connectivity index (χ1v) is 8.88. The predicted octanol–water partition coefficient (Wildman–Crippen LogP) is 2.39. The van der Waals surface area contributed by atoms with Gasteiger partial charge < -0.3 is 10.6 Å². The Labute approximate surface area is 160 Å². The molecule has 0 spiro atoms. The molecule has 3 unspecified atom stereocenters. The quantitative estimate of drug-likeness (QED) is 0.758. The molecule has 7 nitrogen and oxygen atoms in total. The van der Waals surface area contributed by atoms with E-state index in [0.29, 0.717) is 10.6 Å². The van der Waals surface area contributed by atoms with Crippen LogP contribution < -0.4 is 16.0 Å². The van der Waals surface area contributed by atoms with Crippen LogP contribution in [0, 0.1) is 5.92 Å². The molecule has 2 aromatic carbocycles. The Morgan fingerprint density at radius 2 is 1.74 bits per heavy atom. The zero-order chi connectivity index (χ0) is 19.0. The maximum Gasteiger partial charge on any atom is 0.326 e. The summed E-state index contributed by atoms with van der Waals surface area (Å²) < 4.78 is 0. The summed E-state index contributed by atoms with van der Waals surface area (Å²) in [6.07, 6.45) is -0.760. The van der Waals surface area contributed by atoms with Crippen molar-refractivity contribution >= 4 is 29.6 Å². The van der Waals surface area contributed by atoms with Gasteiger partial charge in [-0.05, 0) is 23.3 Å². The summed E-state index contributed by atoms with van der Waals surface area (Å²) in [6.45, 7) is 0.268. The molecule has 0 aliphatic carbocycles. The molecule has 2 aliphatic heterocycles. The molecule has 0 saturated carbocycles. The Balaban J connectivity index is 1.70. The number of nitrogens with zero attached hydrogens (tertiary/aromatic N) is 1. The van der Waals surface area contributed by atoms with E-state index in [2.05, 4.69) is 16.0 Å². The third-order valence-electron chi connectivity index (χ3n) is 4.80. The van der Waals surface area contributed by atoms with E-state index in [1.54, 1.807) is 24.3 Å². The standard InChI is InChI=1S/C19H17ClN4O3/c20-13-8-4-7-12(9-13)15-14-16(22-18(26)21-15)24(19(27)23-17(14)25)10-11-5-2-1-3-6-11/h1-9,14-16H,10H2,(H2,21,22,26)(H,23,25,27). The van der Waals surface area contributed by atoms with Gasteiger partial charge in [-0.3, -0.25) is 15.0 Å². The first kappa shape index (κ1) is 17.4. The lowest BCUT2D eigenvalue weighted by Crippen LogP contribution is -2.71. The van der Waals surface area contributed by atoms with Gasteiger partial charge in [0.2, 0.25) is 5.91 Å². The molecule has 138 valence electrons. The van der Waals surface area contributed by atoms with Crippen molar-refractivity contribution in [3.8, 4) is 0 Å². The Hall–Kier alpha value is -3.06. The molecule has 5 amide bonds. The van der Waals surface area contributed by atoms with Crippen molar-refractivity contribution in [1.29, 1.82) is 0 Å². The second-order valence-corrected chi connectivity index (χ2v) is 6.97. The third kappa shape index (κ3) is 3.33. The van der Waals surface area contributed by atoms with Crippen LogP contribution in [0.1, 0.15) is 17.2 Å². The van der Waals surface area contributed by atoms with Gasteiger partial charge in [0.15, 0.2) is 0 Å². The van der Waals surface area contributed by atoms with Gasteiger partial charge in [-0.15, -0.1) is 0 Å². The molecule has 2 saturated heterocycles. The zero-order valence-corrected chi connectivity index (χ0v) is 14.9. The van der Waals surface area contributed by atoms with Crippen molar-refractivity contribution in [3.05, 3.63) is 70.7 Å². The van der Waals surface area contributed by atoms with Crippen molar-refractivity contribution in [2.75, 3.05) is 0 Å². The lowest BCUT2D eigenvalue weighted by Gasteiger charge is -2.46. The highest BCUT2D eigenvalue weighted by molar-refractivity contribution is 6.30. The Morgan fingerprint density at radius 1 is 0.963 bits per heavy atom. The van der Waals surface area contributed by atoms with Crippen LogP contribution in [-0.2, 0) is 11.3 Å². The molecular formula is C19H17ClN4O3. The average molecular weight is 385 g/mol. The van der Waals surface area contributed by atoms with E-state index in [1.165, 1.54) is 4.90 Å². The highest BCUT2D eigenvalue weighted by Gasteiger charge is 2.49. The number of hydrogen-bond donors (Lipinski definition) is 3. The monoisotopic (exact) mass is 384 g/mol. The summed E-state index contributed by atoms with van der Waals surface area (Å²) in [5.41, 5.74) is 1.60. The number of amides is 5. The van der Waals surface area contributed by atoms with E-state index in [0.717, 1.165) is 5.56 Å².